The molecule has 0 bridgehead atoms. The zero-order chi connectivity index (χ0) is 13.4. The lowest BCUT2D eigenvalue weighted by Gasteiger charge is -2.23. The normalized spacial score (nSPS) is 33.7. The number of aromatic nitrogens is 1. The molecule has 1 aliphatic carbocycles. The van der Waals surface area contributed by atoms with Crippen molar-refractivity contribution in [2.75, 3.05) is 26.3 Å². The van der Waals surface area contributed by atoms with Crippen molar-refractivity contribution in [3.8, 4) is 0 Å². The molecule has 108 valence electrons. The molecular weight excluding hydrogens is 252 g/mol. The Kier molecular flexibility index (Phi) is 3.46. The summed E-state index contributed by atoms with van der Waals surface area (Å²) in [6.07, 6.45) is 7.01. The monoisotopic (exact) mass is 274 g/mol. The van der Waals surface area contributed by atoms with Crippen LogP contribution in [-0.2, 0) is 15.9 Å². The minimum Gasteiger partial charge on any atom is -0.380 e. The quantitative estimate of drug-likeness (QED) is 0.844. The maximum Gasteiger partial charge on any atom is 0.100 e. The van der Waals surface area contributed by atoms with E-state index in [-0.39, 0.29) is 6.10 Å². The predicted octanol–water partition coefficient (Wildman–Crippen LogP) is 1.95. The second-order valence-electron chi connectivity index (χ2n) is 6.13. The van der Waals surface area contributed by atoms with Gasteiger partial charge in [-0.3, -0.25) is 9.88 Å². The molecule has 1 aromatic rings. The molecule has 2 fully saturated rings. The average molecular weight is 274 g/mol. The van der Waals surface area contributed by atoms with Crippen molar-refractivity contribution in [3.05, 3.63) is 29.6 Å². The number of hydrogen-bond acceptors (Lipinski definition) is 4. The van der Waals surface area contributed by atoms with E-state index in [1.807, 2.05) is 12.3 Å². The minimum atomic E-state index is 0.218. The summed E-state index contributed by atoms with van der Waals surface area (Å²) in [5, 5.41) is 0. The third-order valence-corrected chi connectivity index (χ3v) is 4.86. The van der Waals surface area contributed by atoms with Crippen LogP contribution < -0.4 is 0 Å². The molecule has 4 heteroatoms. The number of rotatable bonds is 3. The molecule has 2 saturated heterocycles. The first-order chi connectivity index (χ1) is 9.90. The number of pyridine rings is 1. The Hall–Kier alpha value is -0.970. The third-order valence-electron chi connectivity index (χ3n) is 4.86. The van der Waals surface area contributed by atoms with E-state index in [4.69, 9.17) is 9.47 Å². The molecule has 2 unspecified atom stereocenters. The summed E-state index contributed by atoms with van der Waals surface area (Å²) in [4.78, 5) is 7.07. The highest BCUT2D eigenvalue weighted by molar-refractivity contribution is 5.26. The smallest absolute Gasteiger partial charge is 0.100 e. The summed E-state index contributed by atoms with van der Waals surface area (Å²) in [5.41, 5.74) is 2.55. The molecule has 20 heavy (non-hydrogen) atoms. The lowest BCUT2D eigenvalue weighted by Crippen LogP contribution is -2.34. The van der Waals surface area contributed by atoms with E-state index in [1.165, 1.54) is 17.7 Å². The number of fused-ring (bicyclic) bond motifs is 1. The van der Waals surface area contributed by atoms with E-state index in [1.54, 1.807) is 0 Å². The van der Waals surface area contributed by atoms with Gasteiger partial charge in [-0.25, -0.2) is 0 Å². The van der Waals surface area contributed by atoms with Crippen LogP contribution in [-0.4, -0.2) is 48.3 Å². The maximum absolute atomic E-state index is 6.34. The van der Waals surface area contributed by atoms with Crippen LogP contribution in [0, 0.1) is 0 Å². The highest BCUT2D eigenvalue weighted by Gasteiger charge is 2.34. The summed E-state index contributed by atoms with van der Waals surface area (Å²) in [7, 11) is 0. The van der Waals surface area contributed by atoms with Crippen LogP contribution in [0.4, 0.5) is 0 Å². The van der Waals surface area contributed by atoms with Crippen LogP contribution in [0.25, 0.3) is 0 Å². The van der Waals surface area contributed by atoms with Gasteiger partial charge in [0.2, 0.25) is 0 Å². The molecule has 3 aliphatic rings. The van der Waals surface area contributed by atoms with Crippen LogP contribution >= 0.6 is 0 Å². The molecule has 2 aliphatic heterocycles. The van der Waals surface area contributed by atoms with Crippen LogP contribution in [0.15, 0.2) is 18.3 Å². The fourth-order valence-electron chi connectivity index (χ4n) is 3.75. The van der Waals surface area contributed by atoms with E-state index in [0.717, 1.165) is 45.6 Å². The zero-order valence-corrected chi connectivity index (χ0v) is 11.8. The molecule has 4 rings (SSSR count). The third kappa shape index (κ3) is 2.36. The van der Waals surface area contributed by atoms with Crippen LogP contribution in [0.2, 0.25) is 0 Å². The second kappa shape index (κ2) is 5.43. The molecular formula is C16H22N2O2. The Morgan fingerprint density at radius 2 is 2.30 bits per heavy atom. The van der Waals surface area contributed by atoms with Gasteiger partial charge in [0.25, 0.3) is 0 Å². The molecule has 0 aromatic carbocycles. The molecule has 0 spiro atoms. The predicted molar refractivity (Wildman–Crippen MR) is 75.6 cm³/mol. The molecule has 0 N–H and O–H groups in total. The molecule has 4 nitrogen and oxygen atoms in total. The number of aryl methyl sites for hydroxylation is 1. The van der Waals surface area contributed by atoms with Gasteiger partial charge in [-0.15, -0.1) is 0 Å². The van der Waals surface area contributed by atoms with E-state index >= 15 is 0 Å². The molecule has 3 atom stereocenters. The number of likely N-dealkylation sites (tertiary alicyclic amines) is 1. The highest BCUT2D eigenvalue weighted by Crippen LogP contribution is 2.34. The Bertz CT molecular complexity index is 473. The molecule has 0 amide bonds. The van der Waals surface area contributed by atoms with E-state index in [2.05, 4.69) is 16.0 Å². The van der Waals surface area contributed by atoms with E-state index in [9.17, 15) is 0 Å². The van der Waals surface area contributed by atoms with Gasteiger partial charge in [-0.1, -0.05) is 6.07 Å². The fraction of sp³-hybridized carbons (Fsp3) is 0.688. The average Bonchev–Trinajstić information content (AvgIpc) is 3.19. The van der Waals surface area contributed by atoms with Crippen molar-refractivity contribution < 1.29 is 9.47 Å². The van der Waals surface area contributed by atoms with Crippen molar-refractivity contribution in [2.45, 2.75) is 43.9 Å². The summed E-state index contributed by atoms with van der Waals surface area (Å²) in [6.45, 7) is 4.04. The molecule has 1 aromatic heterocycles. The fourth-order valence-corrected chi connectivity index (χ4v) is 3.75. The van der Waals surface area contributed by atoms with Gasteiger partial charge in [-0.2, -0.15) is 0 Å². The molecule has 0 saturated carbocycles. The summed E-state index contributed by atoms with van der Waals surface area (Å²) >= 11 is 0. The van der Waals surface area contributed by atoms with Crippen molar-refractivity contribution in [1.29, 1.82) is 0 Å². The number of nitrogens with zero attached hydrogens (tertiary/aromatic N) is 2. The Labute approximate surface area is 120 Å². The number of hydrogen-bond donors (Lipinski definition) is 0. The van der Waals surface area contributed by atoms with Crippen LogP contribution in [0.3, 0.4) is 0 Å². The second-order valence-corrected chi connectivity index (χ2v) is 6.13. The van der Waals surface area contributed by atoms with Gasteiger partial charge in [0.15, 0.2) is 0 Å². The Morgan fingerprint density at radius 1 is 1.30 bits per heavy atom. The standard InChI is InChI=1S/C16H22N2O2/c1-2-12-3-4-15(16(12)17-7-1)20-14-5-8-18(10-14)13-6-9-19-11-13/h1-2,7,13-15H,3-6,8-11H2/t13?,14-,15?/m1/s1. The molecule has 0 radical (unpaired) electrons. The lowest BCUT2D eigenvalue weighted by atomic mass is 10.2. The Balaban J connectivity index is 1.37. The first-order valence-electron chi connectivity index (χ1n) is 7.81. The first kappa shape index (κ1) is 12.7. The highest BCUT2D eigenvalue weighted by atomic mass is 16.5. The van der Waals surface area contributed by atoms with Crippen molar-refractivity contribution >= 4 is 0 Å². The van der Waals surface area contributed by atoms with E-state index in [0.29, 0.717) is 12.1 Å². The summed E-state index contributed by atoms with van der Waals surface area (Å²) in [5.74, 6) is 0. The number of ether oxygens (including phenoxy) is 2. The van der Waals surface area contributed by atoms with Crippen molar-refractivity contribution in [1.82, 2.24) is 9.88 Å². The van der Waals surface area contributed by atoms with Gasteiger partial charge in [-0.05, 0) is 37.3 Å². The van der Waals surface area contributed by atoms with Gasteiger partial charge < -0.3 is 9.47 Å². The first-order valence-corrected chi connectivity index (χ1v) is 7.81. The van der Waals surface area contributed by atoms with Gasteiger partial charge in [0.1, 0.15) is 6.10 Å². The SMILES string of the molecule is c1cnc2c(c1)CCC2O[C@@H]1CCN(C2CCOC2)C1. The van der Waals surface area contributed by atoms with E-state index < -0.39 is 0 Å². The topological polar surface area (TPSA) is 34.6 Å². The maximum atomic E-state index is 6.34. The van der Waals surface area contributed by atoms with Crippen LogP contribution in [0.1, 0.15) is 36.6 Å². The van der Waals surface area contributed by atoms with Crippen molar-refractivity contribution in [2.24, 2.45) is 0 Å². The van der Waals surface area contributed by atoms with Gasteiger partial charge >= 0.3 is 0 Å². The van der Waals surface area contributed by atoms with Crippen LogP contribution in [0.5, 0.6) is 0 Å². The van der Waals surface area contributed by atoms with Crippen molar-refractivity contribution in [3.63, 3.8) is 0 Å². The lowest BCUT2D eigenvalue weighted by molar-refractivity contribution is -0.0106. The van der Waals surface area contributed by atoms with Gasteiger partial charge in [0.05, 0.1) is 18.4 Å². The zero-order valence-electron chi connectivity index (χ0n) is 11.8. The van der Waals surface area contributed by atoms with Gasteiger partial charge in [0, 0.05) is 31.9 Å². The summed E-state index contributed by atoms with van der Waals surface area (Å²) < 4.78 is 11.8. The minimum absolute atomic E-state index is 0.218. The Morgan fingerprint density at radius 3 is 3.20 bits per heavy atom. The largest absolute Gasteiger partial charge is 0.380 e. The summed E-state index contributed by atoms with van der Waals surface area (Å²) in [6, 6.07) is 4.83. The molecule has 3 heterocycles.